The van der Waals surface area contributed by atoms with Gasteiger partial charge in [-0.2, -0.15) is 0 Å². The Morgan fingerprint density at radius 1 is 1.17 bits per heavy atom. The minimum Gasteiger partial charge on any atom is -0.354 e. The molecule has 2 aromatic rings. The van der Waals surface area contributed by atoms with Crippen LogP contribution in [0.1, 0.15) is 37.8 Å². The molecule has 0 unspecified atom stereocenters. The van der Waals surface area contributed by atoms with E-state index in [1.165, 1.54) is 23.9 Å². The number of halogens is 2. The highest BCUT2D eigenvalue weighted by molar-refractivity contribution is 9.10. The molecule has 4 nitrogen and oxygen atoms in total. The Morgan fingerprint density at radius 2 is 1.90 bits per heavy atom. The lowest BCUT2D eigenvalue weighted by atomic mass is 10.1. The number of rotatable bonds is 11. The molecule has 2 aromatic carbocycles. The second-order valence-corrected chi connectivity index (χ2v) is 8.99. The van der Waals surface area contributed by atoms with Gasteiger partial charge in [0.25, 0.3) is 0 Å². The van der Waals surface area contributed by atoms with Gasteiger partial charge in [0.1, 0.15) is 11.9 Å². The molecular formula is C23H28BrFN2O2S. The quantitative estimate of drug-likeness (QED) is 0.439. The van der Waals surface area contributed by atoms with Crippen LogP contribution in [0.4, 0.5) is 4.39 Å². The Hall–Kier alpha value is -1.86. The standard InChI is InChI=1S/C23H28BrFN2O2S/c1-3-4-12-26-23(29)17(2)27(14-19-6-5-7-20(24)13-19)22(28)16-30-15-18-8-10-21(25)11-9-18/h5-11,13,17H,3-4,12,14-16H2,1-2H3,(H,26,29)/t17-/m1/s1. The maximum Gasteiger partial charge on any atom is 0.242 e. The molecule has 1 N–H and O–H groups in total. The van der Waals surface area contributed by atoms with Gasteiger partial charge in [0, 0.05) is 23.3 Å². The number of hydrogen-bond donors (Lipinski definition) is 1. The van der Waals surface area contributed by atoms with Gasteiger partial charge in [0.15, 0.2) is 0 Å². The van der Waals surface area contributed by atoms with Crippen molar-refractivity contribution in [3.63, 3.8) is 0 Å². The normalized spacial score (nSPS) is 11.7. The Kier molecular flexibility index (Phi) is 10.4. The van der Waals surface area contributed by atoms with Crippen LogP contribution in [0.15, 0.2) is 53.0 Å². The summed E-state index contributed by atoms with van der Waals surface area (Å²) >= 11 is 4.91. The first-order chi connectivity index (χ1) is 14.4. The molecule has 0 saturated carbocycles. The fraction of sp³-hybridized carbons (Fsp3) is 0.391. The number of nitrogens with zero attached hydrogens (tertiary/aromatic N) is 1. The Morgan fingerprint density at radius 3 is 2.57 bits per heavy atom. The van der Waals surface area contributed by atoms with Crippen LogP contribution in [0.2, 0.25) is 0 Å². The van der Waals surface area contributed by atoms with Crippen molar-refractivity contribution in [1.82, 2.24) is 10.2 Å². The van der Waals surface area contributed by atoms with Crippen molar-refractivity contribution < 1.29 is 14.0 Å². The van der Waals surface area contributed by atoms with Crippen molar-refractivity contribution in [2.45, 2.75) is 45.0 Å². The van der Waals surface area contributed by atoms with Gasteiger partial charge in [-0.3, -0.25) is 9.59 Å². The van der Waals surface area contributed by atoms with Crippen molar-refractivity contribution in [2.24, 2.45) is 0 Å². The Bertz CT molecular complexity index is 832. The third-order valence-corrected chi connectivity index (χ3v) is 6.13. The average molecular weight is 495 g/mol. The minimum absolute atomic E-state index is 0.0970. The third-order valence-electron chi connectivity index (χ3n) is 4.65. The summed E-state index contributed by atoms with van der Waals surface area (Å²) < 4.78 is 14.0. The van der Waals surface area contributed by atoms with E-state index >= 15 is 0 Å². The zero-order chi connectivity index (χ0) is 21.9. The lowest BCUT2D eigenvalue weighted by Crippen LogP contribution is -2.48. The molecular weight excluding hydrogens is 467 g/mol. The summed E-state index contributed by atoms with van der Waals surface area (Å²) in [7, 11) is 0. The van der Waals surface area contributed by atoms with Gasteiger partial charge in [-0.05, 0) is 48.7 Å². The number of hydrogen-bond acceptors (Lipinski definition) is 3. The van der Waals surface area contributed by atoms with Crippen LogP contribution in [0, 0.1) is 5.82 Å². The first-order valence-corrected chi connectivity index (χ1v) is 12.0. The van der Waals surface area contributed by atoms with Gasteiger partial charge in [0.2, 0.25) is 11.8 Å². The summed E-state index contributed by atoms with van der Waals surface area (Å²) in [5.41, 5.74) is 1.91. The summed E-state index contributed by atoms with van der Waals surface area (Å²) in [5, 5.41) is 2.92. The van der Waals surface area contributed by atoms with E-state index in [1.54, 1.807) is 24.0 Å². The predicted octanol–water partition coefficient (Wildman–Crippen LogP) is 5.16. The molecule has 1 atom stereocenters. The van der Waals surface area contributed by atoms with Gasteiger partial charge in [0.05, 0.1) is 5.75 Å². The van der Waals surface area contributed by atoms with Crippen LogP contribution in [0.5, 0.6) is 0 Å². The van der Waals surface area contributed by atoms with Gasteiger partial charge in [-0.1, -0.05) is 53.5 Å². The van der Waals surface area contributed by atoms with Crippen LogP contribution >= 0.6 is 27.7 Å². The smallest absolute Gasteiger partial charge is 0.242 e. The van der Waals surface area contributed by atoms with Crippen LogP contribution in [0.3, 0.4) is 0 Å². The maximum atomic E-state index is 13.0. The van der Waals surface area contributed by atoms with E-state index in [9.17, 15) is 14.0 Å². The van der Waals surface area contributed by atoms with Crippen molar-refractivity contribution >= 4 is 39.5 Å². The van der Waals surface area contributed by atoms with Crippen molar-refractivity contribution in [3.05, 3.63) is 69.9 Å². The molecule has 162 valence electrons. The lowest BCUT2D eigenvalue weighted by Gasteiger charge is -2.29. The molecule has 0 fully saturated rings. The molecule has 0 radical (unpaired) electrons. The average Bonchev–Trinajstić information content (AvgIpc) is 2.73. The molecule has 30 heavy (non-hydrogen) atoms. The second kappa shape index (κ2) is 12.7. The molecule has 0 saturated heterocycles. The SMILES string of the molecule is CCCCNC(=O)[C@@H](C)N(Cc1cccc(Br)c1)C(=O)CSCc1ccc(F)cc1. The number of amides is 2. The van der Waals surface area contributed by atoms with Crippen LogP contribution in [0.25, 0.3) is 0 Å². The highest BCUT2D eigenvalue weighted by Gasteiger charge is 2.25. The zero-order valence-corrected chi connectivity index (χ0v) is 19.8. The largest absolute Gasteiger partial charge is 0.354 e. The molecule has 0 aliphatic carbocycles. The first-order valence-electron chi connectivity index (χ1n) is 10.0. The molecule has 0 aliphatic heterocycles. The van der Waals surface area contributed by atoms with E-state index in [-0.39, 0.29) is 23.4 Å². The summed E-state index contributed by atoms with van der Waals surface area (Å²) in [6, 6.07) is 13.4. The summed E-state index contributed by atoms with van der Waals surface area (Å²) in [5.74, 6) is 0.338. The van der Waals surface area contributed by atoms with Crippen molar-refractivity contribution in [3.8, 4) is 0 Å². The highest BCUT2D eigenvalue weighted by Crippen LogP contribution is 2.18. The van der Waals surface area contributed by atoms with Gasteiger partial charge in [-0.25, -0.2) is 4.39 Å². The third kappa shape index (κ3) is 8.11. The fourth-order valence-electron chi connectivity index (χ4n) is 2.87. The number of thioether (sulfide) groups is 1. The maximum absolute atomic E-state index is 13.0. The number of carbonyl (C=O) groups is 2. The molecule has 0 spiro atoms. The topological polar surface area (TPSA) is 49.4 Å². The van der Waals surface area contributed by atoms with Gasteiger partial charge >= 0.3 is 0 Å². The minimum atomic E-state index is -0.570. The first kappa shape index (κ1) is 24.4. The summed E-state index contributed by atoms with van der Waals surface area (Å²) in [4.78, 5) is 27.2. The van der Waals surface area contributed by atoms with Gasteiger partial charge < -0.3 is 10.2 Å². The zero-order valence-electron chi connectivity index (χ0n) is 17.4. The predicted molar refractivity (Wildman–Crippen MR) is 125 cm³/mol. The molecule has 0 bridgehead atoms. The van der Waals surface area contributed by atoms with E-state index < -0.39 is 6.04 Å². The Balaban J connectivity index is 2.03. The van der Waals surface area contributed by atoms with Gasteiger partial charge in [-0.15, -0.1) is 11.8 Å². The fourth-order valence-corrected chi connectivity index (χ4v) is 4.19. The number of unbranched alkanes of at least 4 members (excludes halogenated alkanes) is 1. The van der Waals surface area contributed by atoms with E-state index in [4.69, 9.17) is 0 Å². The monoisotopic (exact) mass is 494 g/mol. The molecule has 0 aromatic heterocycles. The molecule has 0 heterocycles. The number of benzene rings is 2. The molecule has 0 aliphatic rings. The Labute approximate surface area is 190 Å². The molecule has 7 heteroatoms. The lowest BCUT2D eigenvalue weighted by molar-refractivity contribution is -0.138. The number of carbonyl (C=O) groups excluding carboxylic acids is 2. The van der Waals surface area contributed by atoms with Crippen LogP contribution in [-0.2, 0) is 21.9 Å². The summed E-state index contributed by atoms with van der Waals surface area (Å²) in [6.45, 7) is 4.80. The highest BCUT2D eigenvalue weighted by atomic mass is 79.9. The van der Waals surface area contributed by atoms with Crippen molar-refractivity contribution in [2.75, 3.05) is 12.3 Å². The van der Waals surface area contributed by atoms with E-state index in [0.29, 0.717) is 18.8 Å². The summed E-state index contributed by atoms with van der Waals surface area (Å²) in [6.07, 6.45) is 1.90. The van der Waals surface area contributed by atoms with E-state index in [1.807, 2.05) is 24.3 Å². The number of nitrogens with one attached hydrogen (secondary N) is 1. The molecule has 2 amide bonds. The van der Waals surface area contributed by atoms with Crippen LogP contribution in [-0.4, -0.2) is 35.1 Å². The van der Waals surface area contributed by atoms with E-state index in [2.05, 4.69) is 28.2 Å². The van der Waals surface area contributed by atoms with E-state index in [0.717, 1.165) is 28.4 Å². The molecule has 2 rings (SSSR count). The van der Waals surface area contributed by atoms with Crippen molar-refractivity contribution in [1.29, 1.82) is 0 Å². The van der Waals surface area contributed by atoms with Crippen LogP contribution < -0.4 is 5.32 Å². The second-order valence-electron chi connectivity index (χ2n) is 7.09.